The van der Waals surface area contributed by atoms with Gasteiger partial charge in [0.05, 0.1) is 0 Å². The van der Waals surface area contributed by atoms with Crippen LogP contribution in [0, 0.1) is 11.8 Å². The van der Waals surface area contributed by atoms with Gasteiger partial charge in [0.15, 0.2) is 0 Å². The third-order valence-corrected chi connectivity index (χ3v) is 3.70. The number of nitrogens with zero attached hydrogens (tertiary/aromatic N) is 1. The van der Waals surface area contributed by atoms with Crippen LogP contribution < -0.4 is 4.90 Å². The summed E-state index contributed by atoms with van der Waals surface area (Å²) in [7, 11) is 0. The summed E-state index contributed by atoms with van der Waals surface area (Å²) in [4.78, 5) is 2.48. The predicted molar refractivity (Wildman–Crippen MR) is 59.9 cm³/mol. The van der Waals surface area contributed by atoms with E-state index in [0.717, 1.165) is 16.9 Å². The molecule has 0 atom stereocenters. The van der Waals surface area contributed by atoms with Gasteiger partial charge in [-0.3, -0.25) is 0 Å². The summed E-state index contributed by atoms with van der Waals surface area (Å²) in [6.07, 6.45) is 2.91. The lowest BCUT2D eigenvalue weighted by molar-refractivity contribution is 0.159. The Bertz CT molecular complexity index is 334. The first kappa shape index (κ1) is 8.60. The molecule has 0 unspecified atom stereocenters. The monoisotopic (exact) mass is 207 g/mol. The van der Waals surface area contributed by atoms with Crippen LogP contribution in [0.1, 0.15) is 12.8 Å². The molecule has 0 amide bonds. The van der Waals surface area contributed by atoms with Gasteiger partial charge in [-0.25, -0.2) is 0 Å². The molecule has 0 aromatic heterocycles. The van der Waals surface area contributed by atoms with E-state index in [-0.39, 0.29) is 0 Å². The standard InChI is InChI=1S/C12H14ClN/c13-11-2-1-3-12(6-11)14-7-9-4-10(5-9)8-14/h1-3,6,9-10H,4-5,7-8H2. The van der Waals surface area contributed by atoms with Crippen LogP contribution in [0.2, 0.25) is 5.02 Å². The van der Waals surface area contributed by atoms with Crippen molar-refractivity contribution in [3.63, 3.8) is 0 Å². The van der Waals surface area contributed by atoms with Gasteiger partial charge in [0, 0.05) is 23.8 Å². The van der Waals surface area contributed by atoms with Gasteiger partial charge in [-0.1, -0.05) is 17.7 Å². The van der Waals surface area contributed by atoms with E-state index >= 15 is 0 Å². The first-order valence-corrected chi connectivity index (χ1v) is 5.69. The van der Waals surface area contributed by atoms with E-state index in [1.165, 1.54) is 31.6 Å². The fourth-order valence-corrected chi connectivity index (χ4v) is 2.94. The Morgan fingerprint density at radius 2 is 1.86 bits per heavy atom. The first-order chi connectivity index (χ1) is 6.81. The molecule has 2 saturated heterocycles. The van der Waals surface area contributed by atoms with E-state index in [2.05, 4.69) is 17.0 Å². The zero-order valence-electron chi connectivity index (χ0n) is 8.12. The quantitative estimate of drug-likeness (QED) is 0.684. The molecule has 1 saturated carbocycles. The number of rotatable bonds is 1. The summed E-state index contributed by atoms with van der Waals surface area (Å²) < 4.78 is 0. The fourth-order valence-electron chi connectivity index (χ4n) is 2.75. The second-order valence-electron chi connectivity index (χ2n) is 4.59. The molecule has 1 aliphatic carbocycles. The van der Waals surface area contributed by atoms with Gasteiger partial charge in [-0.2, -0.15) is 0 Å². The van der Waals surface area contributed by atoms with Crippen molar-refractivity contribution < 1.29 is 0 Å². The maximum Gasteiger partial charge on any atom is 0.0426 e. The normalized spacial score (nSPS) is 29.9. The van der Waals surface area contributed by atoms with Crippen LogP contribution >= 0.6 is 11.6 Å². The summed E-state index contributed by atoms with van der Waals surface area (Å²) in [5.74, 6) is 1.90. The zero-order valence-corrected chi connectivity index (χ0v) is 8.87. The smallest absolute Gasteiger partial charge is 0.0426 e. The topological polar surface area (TPSA) is 3.24 Å². The van der Waals surface area contributed by atoms with Crippen LogP contribution in [0.4, 0.5) is 5.69 Å². The molecule has 1 aromatic carbocycles. The summed E-state index contributed by atoms with van der Waals surface area (Å²) >= 11 is 5.99. The lowest BCUT2D eigenvalue weighted by atomic mass is 9.71. The predicted octanol–water partition coefficient (Wildman–Crippen LogP) is 3.19. The van der Waals surface area contributed by atoms with Crippen LogP contribution in [0.3, 0.4) is 0 Å². The van der Waals surface area contributed by atoms with Gasteiger partial charge in [0.25, 0.3) is 0 Å². The molecular weight excluding hydrogens is 194 g/mol. The highest BCUT2D eigenvalue weighted by Gasteiger charge is 2.36. The van der Waals surface area contributed by atoms with E-state index in [9.17, 15) is 0 Å². The van der Waals surface area contributed by atoms with Crippen molar-refractivity contribution >= 4 is 17.3 Å². The minimum atomic E-state index is 0.849. The highest BCUT2D eigenvalue weighted by molar-refractivity contribution is 6.30. The van der Waals surface area contributed by atoms with Crippen molar-refractivity contribution in [3.05, 3.63) is 29.3 Å². The molecular formula is C12H14ClN. The average molecular weight is 208 g/mol. The Morgan fingerprint density at radius 3 is 2.50 bits per heavy atom. The number of hydrogen-bond donors (Lipinski definition) is 0. The molecule has 1 nitrogen and oxygen atoms in total. The summed E-state index contributed by atoms with van der Waals surface area (Å²) in [5, 5.41) is 0.849. The third kappa shape index (κ3) is 1.40. The van der Waals surface area contributed by atoms with Crippen molar-refractivity contribution in [3.8, 4) is 0 Å². The second kappa shape index (κ2) is 3.16. The van der Waals surface area contributed by atoms with E-state index in [0.29, 0.717) is 0 Å². The molecule has 0 spiro atoms. The maximum absolute atomic E-state index is 5.99. The molecule has 2 aliphatic heterocycles. The Balaban J connectivity index is 1.82. The summed E-state index contributed by atoms with van der Waals surface area (Å²) in [6.45, 7) is 2.47. The third-order valence-electron chi connectivity index (χ3n) is 3.46. The zero-order chi connectivity index (χ0) is 9.54. The number of hydrogen-bond acceptors (Lipinski definition) is 1. The van der Waals surface area contributed by atoms with Gasteiger partial charge in [-0.15, -0.1) is 0 Å². The van der Waals surface area contributed by atoms with Gasteiger partial charge in [-0.05, 0) is 42.9 Å². The van der Waals surface area contributed by atoms with E-state index in [1.54, 1.807) is 0 Å². The molecule has 4 rings (SSSR count). The Hall–Kier alpha value is -0.690. The SMILES string of the molecule is Clc1cccc(N2CC3CC(C3)C2)c1. The van der Waals surface area contributed by atoms with E-state index in [1.807, 2.05) is 12.1 Å². The lowest BCUT2D eigenvalue weighted by Crippen LogP contribution is -2.48. The van der Waals surface area contributed by atoms with Crippen LogP contribution in [0.15, 0.2) is 24.3 Å². The Morgan fingerprint density at radius 1 is 1.14 bits per heavy atom. The van der Waals surface area contributed by atoms with Gasteiger partial charge in [0.1, 0.15) is 0 Å². The van der Waals surface area contributed by atoms with Crippen LogP contribution in [-0.2, 0) is 0 Å². The molecule has 0 radical (unpaired) electrons. The molecule has 3 aliphatic rings. The molecule has 2 bridgehead atoms. The summed E-state index contributed by atoms with van der Waals surface area (Å²) in [6, 6.07) is 8.22. The molecule has 2 heterocycles. The highest BCUT2D eigenvalue weighted by Crippen LogP contribution is 2.41. The van der Waals surface area contributed by atoms with Crippen molar-refractivity contribution in [2.45, 2.75) is 12.8 Å². The van der Waals surface area contributed by atoms with Gasteiger partial charge >= 0.3 is 0 Å². The molecule has 3 fully saturated rings. The van der Waals surface area contributed by atoms with Crippen LogP contribution in [0.5, 0.6) is 0 Å². The maximum atomic E-state index is 5.99. The molecule has 74 valence electrons. The van der Waals surface area contributed by atoms with Crippen molar-refractivity contribution in [1.82, 2.24) is 0 Å². The van der Waals surface area contributed by atoms with Crippen LogP contribution in [-0.4, -0.2) is 13.1 Å². The molecule has 2 heteroatoms. The molecule has 0 N–H and O–H groups in total. The minimum Gasteiger partial charge on any atom is -0.371 e. The molecule has 14 heavy (non-hydrogen) atoms. The van der Waals surface area contributed by atoms with E-state index in [4.69, 9.17) is 11.6 Å². The van der Waals surface area contributed by atoms with Crippen molar-refractivity contribution in [1.29, 1.82) is 0 Å². The lowest BCUT2D eigenvalue weighted by Gasteiger charge is -2.48. The largest absolute Gasteiger partial charge is 0.371 e. The molecule has 1 aromatic rings. The van der Waals surface area contributed by atoms with Crippen LogP contribution in [0.25, 0.3) is 0 Å². The summed E-state index contributed by atoms with van der Waals surface area (Å²) in [5.41, 5.74) is 1.30. The number of fused-ring (bicyclic) bond motifs is 2. The Labute approximate surface area is 89.7 Å². The van der Waals surface area contributed by atoms with Crippen molar-refractivity contribution in [2.24, 2.45) is 11.8 Å². The van der Waals surface area contributed by atoms with Gasteiger partial charge < -0.3 is 4.90 Å². The average Bonchev–Trinajstić information content (AvgIpc) is 2.17. The highest BCUT2D eigenvalue weighted by atomic mass is 35.5. The number of benzene rings is 1. The Kier molecular flexibility index (Phi) is 1.94. The van der Waals surface area contributed by atoms with Gasteiger partial charge in [0.2, 0.25) is 0 Å². The van der Waals surface area contributed by atoms with E-state index < -0.39 is 0 Å². The van der Waals surface area contributed by atoms with Crippen molar-refractivity contribution in [2.75, 3.05) is 18.0 Å². The first-order valence-electron chi connectivity index (χ1n) is 5.32. The fraction of sp³-hybridized carbons (Fsp3) is 0.500. The minimum absolute atomic E-state index is 0.849. The second-order valence-corrected chi connectivity index (χ2v) is 5.02. The number of halogens is 1. The number of anilines is 1. The number of piperidine rings is 2.